The molecule has 1 aromatic carbocycles. The first-order chi connectivity index (χ1) is 9.84. The fourth-order valence-electron chi connectivity index (χ4n) is 1.95. The summed E-state index contributed by atoms with van der Waals surface area (Å²) < 4.78 is 0. The van der Waals surface area contributed by atoms with E-state index in [1.54, 1.807) is 0 Å². The zero-order valence-corrected chi connectivity index (χ0v) is 13.5. The van der Waals surface area contributed by atoms with Crippen molar-refractivity contribution in [1.82, 2.24) is 10.6 Å². The van der Waals surface area contributed by atoms with E-state index < -0.39 is 0 Å². The van der Waals surface area contributed by atoms with Gasteiger partial charge in [0.15, 0.2) is 0 Å². The largest absolute Gasteiger partial charge is 0.396 e. The Morgan fingerprint density at radius 1 is 1.24 bits per heavy atom. The van der Waals surface area contributed by atoms with Crippen LogP contribution in [0.4, 0.5) is 4.79 Å². The Morgan fingerprint density at radius 3 is 2.38 bits per heavy atom. The van der Waals surface area contributed by atoms with Gasteiger partial charge in [-0.1, -0.05) is 51.1 Å². The molecule has 0 fully saturated rings. The van der Waals surface area contributed by atoms with Crippen molar-refractivity contribution in [3.05, 3.63) is 35.9 Å². The predicted molar refractivity (Wildman–Crippen MR) is 86.3 cm³/mol. The van der Waals surface area contributed by atoms with Gasteiger partial charge >= 0.3 is 6.03 Å². The Kier molecular flexibility index (Phi) is 6.69. The number of aliphatic hydroxyl groups excluding tert-OH is 1. The van der Waals surface area contributed by atoms with Crippen molar-refractivity contribution >= 4 is 6.03 Å². The molecule has 2 amide bonds. The molecule has 0 bridgehead atoms. The summed E-state index contributed by atoms with van der Waals surface area (Å²) in [6, 6.07) is 9.89. The molecular weight excluding hydrogens is 264 g/mol. The fourth-order valence-corrected chi connectivity index (χ4v) is 1.95. The molecule has 0 heterocycles. The van der Waals surface area contributed by atoms with Crippen molar-refractivity contribution in [3.63, 3.8) is 0 Å². The van der Waals surface area contributed by atoms with Crippen LogP contribution in [-0.4, -0.2) is 30.3 Å². The summed E-state index contributed by atoms with van der Waals surface area (Å²) in [5.74, 6) is 0.131. The Hall–Kier alpha value is -1.55. The Balaban J connectivity index is 2.52. The van der Waals surface area contributed by atoms with Gasteiger partial charge in [0.05, 0.1) is 0 Å². The molecule has 0 aliphatic heterocycles. The van der Waals surface area contributed by atoms with Crippen LogP contribution in [0.25, 0.3) is 0 Å². The monoisotopic (exact) mass is 292 g/mol. The summed E-state index contributed by atoms with van der Waals surface area (Å²) in [7, 11) is 0. The highest BCUT2D eigenvalue weighted by Gasteiger charge is 2.22. The van der Waals surface area contributed by atoms with E-state index >= 15 is 0 Å². The maximum Gasteiger partial charge on any atom is 0.315 e. The van der Waals surface area contributed by atoms with E-state index in [2.05, 4.69) is 31.4 Å². The number of rotatable bonds is 6. The molecule has 2 unspecified atom stereocenters. The summed E-state index contributed by atoms with van der Waals surface area (Å²) in [5, 5.41) is 15.1. The van der Waals surface area contributed by atoms with Crippen LogP contribution in [-0.2, 0) is 0 Å². The van der Waals surface area contributed by atoms with E-state index in [4.69, 9.17) is 0 Å². The van der Waals surface area contributed by atoms with Crippen molar-refractivity contribution in [3.8, 4) is 0 Å². The van der Waals surface area contributed by atoms with Gasteiger partial charge in [0.1, 0.15) is 0 Å². The van der Waals surface area contributed by atoms with Crippen molar-refractivity contribution in [1.29, 1.82) is 0 Å². The third kappa shape index (κ3) is 6.17. The van der Waals surface area contributed by atoms with Gasteiger partial charge in [-0.3, -0.25) is 0 Å². The molecule has 1 rings (SSSR count). The standard InChI is InChI=1S/C17H28N2O2/c1-13(17(2,3)4)19-16(21)18-12-15(10-11-20)14-8-6-5-7-9-14/h5-9,13,15,20H,10-12H2,1-4H3,(H2,18,19,21). The number of urea groups is 1. The number of nitrogens with one attached hydrogen (secondary N) is 2. The van der Waals surface area contributed by atoms with Crippen LogP contribution in [0.15, 0.2) is 30.3 Å². The van der Waals surface area contributed by atoms with Gasteiger partial charge in [-0.05, 0) is 24.3 Å². The molecule has 0 saturated carbocycles. The van der Waals surface area contributed by atoms with E-state index in [1.165, 1.54) is 0 Å². The van der Waals surface area contributed by atoms with E-state index in [1.807, 2.05) is 37.3 Å². The average Bonchev–Trinajstić information content (AvgIpc) is 2.43. The van der Waals surface area contributed by atoms with E-state index in [9.17, 15) is 9.90 Å². The minimum Gasteiger partial charge on any atom is -0.396 e. The number of aliphatic hydroxyl groups is 1. The van der Waals surface area contributed by atoms with Crippen LogP contribution in [0.1, 0.15) is 45.6 Å². The number of benzene rings is 1. The Labute approximate surface area is 128 Å². The smallest absolute Gasteiger partial charge is 0.315 e. The van der Waals surface area contributed by atoms with Crippen molar-refractivity contribution in [2.24, 2.45) is 5.41 Å². The lowest BCUT2D eigenvalue weighted by Gasteiger charge is -2.28. The molecular formula is C17H28N2O2. The van der Waals surface area contributed by atoms with Gasteiger partial charge in [-0.15, -0.1) is 0 Å². The number of hydrogen-bond donors (Lipinski definition) is 3. The molecule has 0 radical (unpaired) electrons. The van der Waals surface area contributed by atoms with Crippen molar-refractivity contribution in [2.75, 3.05) is 13.2 Å². The quantitative estimate of drug-likeness (QED) is 0.755. The number of amides is 2. The third-order valence-electron chi connectivity index (χ3n) is 3.90. The van der Waals surface area contributed by atoms with Gasteiger partial charge in [-0.2, -0.15) is 0 Å². The molecule has 4 heteroatoms. The van der Waals surface area contributed by atoms with Gasteiger partial charge in [-0.25, -0.2) is 4.79 Å². The van der Waals surface area contributed by atoms with Gasteiger partial charge in [0.2, 0.25) is 0 Å². The van der Waals surface area contributed by atoms with Crippen LogP contribution in [0.2, 0.25) is 0 Å². The lowest BCUT2D eigenvalue weighted by molar-refractivity contribution is 0.220. The third-order valence-corrected chi connectivity index (χ3v) is 3.90. The summed E-state index contributed by atoms with van der Waals surface area (Å²) in [6.07, 6.45) is 0.638. The predicted octanol–water partition coefficient (Wildman–Crippen LogP) is 2.89. The van der Waals surface area contributed by atoms with E-state index in [0.717, 1.165) is 5.56 Å². The summed E-state index contributed by atoms with van der Waals surface area (Å²) in [4.78, 5) is 12.0. The van der Waals surface area contributed by atoms with Crippen molar-refractivity contribution in [2.45, 2.75) is 46.1 Å². The zero-order chi connectivity index (χ0) is 15.9. The molecule has 2 atom stereocenters. The summed E-state index contributed by atoms with van der Waals surface area (Å²) >= 11 is 0. The first-order valence-electron chi connectivity index (χ1n) is 7.54. The molecule has 0 aliphatic rings. The van der Waals surface area contributed by atoms with Crippen molar-refractivity contribution < 1.29 is 9.90 Å². The first-order valence-corrected chi connectivity index (χ1v) is 7.54. The molecule has 118 valence electrons. The second-order valence-corrected chi connectivity index (χ2v) is 6.56. The Morgan fingerprint density at radius 2 is 1.86 bits per heavy atom. The van der Waals surface area contributed by atoms with Crippen LogP contribution in [0.5, 0.6) is 0 Å². The molecule has 21 heavy (non-hydrogen) atoms. The molecule has 0 saturated heterocycles. The first kappa shape index (κ1) is 17.5. The van der Waals surface area contributed by atoms with E-state index in [-0.39, 0.29) is 30.0 Å². The van der Waals surface area contributed by atoms with Crippen LogP contribution >= 0.6 is 0 Å². The lowest BCUT2D eigenvalue weighted by Crippen LogP contribution is -2.47. The van der Waals surface area contributed by atoms with Gasteiger partial charge in [0, 0.05) is 25.1 Å². The molecule has 4 nitrogen and oxygen atoms in total. The van der Waals surface area contributed by atoms with E-state index in [0.29, 0.717) is 13.0 Å². The highest BCUT2D eigenvalue weighted by Crippen LogP contribution is 2.19. The molecule has 0 aliphatic carbocycles. The summed E-state index contributed by atoms with van der Waals surface area (Å²) in [6.45, 7) is 8.92. The summed E-state index contributed by atoms with van der Waals surface area (Å²) in [5.41, 5.74) is 1.16. The maximum absolute atomic E-state index is 12.0. The molecule has 0 aromatic heterocycles. The Bertz CT molecular complexity index is 426. The zero-order valence-electron chi connectivity index (χ0n) is 13.5. The van der Waals surface area contributed by atoms with Crippen LogP contribution in [0, 0.1) is 5.41 Å². The maximum atomic E-state index is 12.0. The number of carbonyl (C=O) groups is 1. The molecule has 0 spiro atoms. The number of carbonyl (C=O) groups excluding carboxylic acids is 1. The van der Waals surface area contributed by atoms with Gasteiger partial charge < -0.3 is 15.7 Å². The van der Waals surface area contributed by atoms with Crippen LogP contribution < -0.4 is 10.6 Å². The topological polar surface area (TPSA) is 61.4 Å². The lowest BCUT2D eigenvalue weighted by atomic mass is 9.88. The average molecular weight is 292 g/mol. The second-order valence-electron chi connectivity index (χ2n) is 6.56. The minimum atomic E-state index is -0.156. The number of hydrogen-bond acceptors (Lipinski definition) is 2. The highest BCUT2D eigenvalue weighted by molar-refractivity contribution is 5.74. The normalized spacial score (nSPS) is 14.3. The van der Waals surface area contributed by atoms with Gasteiger partial charge in [0.25, 0.3) is 0 Å². The molecule has 1 aromatic rings. The fraction of sp³-hybridized carbons (Fsp3) is 0.588. The van der Waals surface area contributed by atoms with Crippen LogP contribution in [0.3, 0.4) is 0 Å². The molecule has 3 N–H and O–H groups in total. The minimum absolute atomic E-state index is 0.0290. The SMILES string of the molecule is CC(NC(=O)NCC(CCO)c1ccccc1)C(C)(C)C. The second kappa shape index (κ2) is 8.03. The highest BCUT2D eigenvalue weighted by atomic mass is 16.3.